The average molecular weight is 304 g/mol. The Labute approximate surface area is 128 Å². The summed E-state index contributed by atoms with van der Waals surface area (Å²) in [5, 5.41) is 0. The number of rotatable bonds is 7. The molecule has 0 bridgehead atoms. The molecule has 110 valence electrons. The van der Waals surface area contributed by atoms with Gasteiger partial charge in [0, 0.05) is 5.56 Å². The van der Waals surface area contributed by atoms with E-state index in [0.717, 1.165) is 11.3 Å². The summed E-state index contributed by atoms with van der Waals surface area (Å²) in [5.41, 5.74) is 1.60. The van der Waals surface area contributed by atoms with E-state index in [-0.39, 0.29) is 11.6 Å². The molecule has 0 saturated carbocycles. The number of carbonyl (C=O) groups excluding carboxylic acids is 1. The molecule has 2 rings (SSSR count). The second-order valence-electron chi connectivity index (χ2n) is 4.50. The van der Waals surface area contributed by atoms with E-state index in [1.165, 1.54) is 12.1 Å². The van der Waals surface area contributed by atoms with Crippen molar-refractivity contribution < 1.29 is 13.9 Å². The first kappa shape index (κ1) is 15.6. The third kappa shape index (κ3) is 4.90. The minimum Gasteiger partial charge on any atom is -0.489 e. The fourth-order valence-electron chi connectivity index (χ4n) is 1.76. The maximum Gasteiger partial charge on any atom is 0.172 e. The Bertz CT molecular complexity index is 579. The van der Waals surface area contributed by atoms with E-state index in [1.54, 1.807) is 48.2 Å². The van der Waals surface area contributed by atoms with Gasteiger partial charge in [-0.25, -0.2) is 4.39 Å². The molecule has 4 heteroatoms. The van der Waals surface area contributed by atoms with E-state index in [0.29, 0.717) is 23.7 Å². The van der Waals surface area contributed by atoms with E-state index < -0.39 is 0 Å². The number of benzene rings is 2. The first-order valence-corrected chi connectivity index (χ1v) is 7.92. The van der Waals surface area contributed by atoms with Gasteiger partial charge in [-0.2, -0.15) is 11.8 Å². The molecule has 0 atom stereocenters. The summed E-state index contributed by atoms with van der Waals surface area (Å²) in [6, 6.07) is 13.3. The SMILES string of the molecule is CCSCC(=O)c1ccc(OCc2ccc(F)cc2)cc1. The Hall–Kier alpha value is -1.81. The van der Waals surface area contributed by atoms with Gasteiger partial charge >= 0.3 is 0 Å². The van der Waals surface area contributed by atoms with Gasteiger partial charge in [-0.1, -0.05) is 19.1 Å². The van der Waals surface area contributed by atoms with Gasteiger partial charge in [0.25, 0.3) is 0 Å². The maximum atomic E-state index is 12.8. The number of ether oxygens (including phenoxy) is 1. The van der Waals surface area contributed by atoms with Crippen LogP contribution in [0.2, 0.25) is 0 Å². The molecule has 0 heterocycles. The normalized spacial score (nSPS) is 10.4. The first-order valence-electron chi connectivity index (χ1n) is 6.77. The zero-order valence-electron chi connectivity index (χ0n) is 11.8. The molecule has 0 N–H and O–H groups in total. The van der Waals surface area contributed by atoms with Gasteiger partial charge in [-0.3, -0.25) is 4.79 Å². The summed E-state index contributed by atoms with van der Waals surface area (Å²) >= 11 is 1.61. The second kappa shape index (κ2) is 7.84. The minimum absolute atomic E-state index is 0.131. The summed E-state index contributed by atoms with van der Waals surface area (Å²) in [4.78, 5) is 11.8. The summed E-state index contributed by atoms with van der Waals surface area (Å²) < 4.78 is 18.4. The number of ketones is 1. The molecule has 2 aromatic carbocycles. The van der Waals surface area contributed by atoms with Gasteiger partial charge in [0.05, 0.1) is 5.75 Å². The smallest absolute Gasteiger partial charge is 0.172 e. The fraction of sp³-hybridized carbons (Fsp3) is 0.235. The molecule has 0 aliphatic carbocycles. The van der Waals surface area contributed by atoms with Crippen molar-refractivity contribution in [3.63, 3.8) is 0 Å². The lowest BCUT2D eigenvalue weighted by atomic mass is 10.1. The molecule has 0 amide bonds. The molecule has 0 aliphatic rings. The highest BCUT2D eigenvalue weighted by Crippen LogP contribution is 2.16. The number of Topliss-reactive ketones (excluding diaryl/α,β-unsaturated/α-hetero) is 1. The van der Waals surface area contributed by atoms with Crippen molar-refractivity contribution >= 4 is 17.5 Å². The maximum absolute atomic E-state index is 12.8. The number of halogens is 1. The quantitative estimate of drug-likeness (QED) is 0.712. The van der Waals surface area contributed by atoms with Crippen LogP contribution in [0.5, 0.6) is 5.75 Å². The van der Waals surface area contributed by atoms with E-state index >= 15 is 0 Å². The zero-order valence-corrected chi connectivity index (χ0v) is 12.7. The molecule has 0 saturated heterocycles. The third-order valence-corrected chi connectivity index (χ3v) is 3.81. The molecule has 0 aliphatic heterocycles. The van der Waals surface area contributed by atoms with Gasteiger partial charge < -0.3 is 4.74 Å². The van der Waals surface area contributed by atoms with Crippen molar-refractivity contribution in [2.75, 3.05) is 11.5 Å². The number of hydrogen-bond acceptors (Lipinski definition) is 3. The molecule has 0 aromatic heterocycles. The molecule has 0 radical (unpaired) electrons. The van der Waals surface area contributed by atoms with Crippen LogP contribution in [-0.4, -0.2) is 17.3 Å². The second-order valence-corrected chi connectivity index (χ2v) is 5.77. The summed E-state index contributed by atoms with van der Waals surface area (Å²) in [6.45, 7) is 2.41. The first-order chi connectivity index (χ1) is 10.2. The van der Waals surface area contributed by atoms with Crippen molar-refractivity contribution in [1.82, 2.24) is 0 Å². The Morgan fingerprint density at radius 3 is 2.38 bits per heavy atom. The monoisotopic (exact) mass is 304 g/mol. The van der Waals surface area contributed by atoms with Crippen molar-refractivity contribution in [3.8, 4) is 5.75 Å². The Morgan fingerprint density at radius 2 is 1.76 bits per heavy atom. The number of carbonyl (C=O) groups is 1. The largest absolute Gasteiger partial charge is 0.489 e. The molecule has 0 unspecified atom stereocenters. The van der Waals surface area contributed by atoms with Gasteiger partial charge in [0.15, 0.2) is 5.78 Å². The predicted octanol–water partition coefficient (Wildman–Crippen LogP) is 4.34. The summed E-state index contributed by atoms with van der Waals surface area (Å²) in [7, 11) is 0. The zero-order chi connectivity index (χ0) is 15.1. The summed E-state index contributed by atoms with van der Waals surface area (Å²) in [5.74, 6) is 2.01. The van der Waals surface area contributed by atoms with Crippen molar-refractivity contribution in [2.24, 2.45) is 0 Å². The van der Waals surface area contributed by atoms with Crippen LogP contribution in [0.25, 0.3) is 0 Å². The molecular formula is C17H17FO2S. The highest BCUT2D eigenvalue weighted by molar-refractivity contribution is 7.99. The van der Waals surface area contributed by atoms with E-state index in [1.807, 2.05) is 6.92 Å². The Kier molecular flexibility index (Phi) is 5.81. The van der Waals surface area contributed by atoms with Crippen molar-refractivity contribution in [2.45, 2.75) is 13.5 Å². The average Bonchev–Trinajstić information content (AvgIpc) is 2.52. The Balaban J connectivity index is 1.90. The lowest BCUT2D eigenvalue weighted by molar-refractivity contribution is 0.102. The highest BCUT2D eigenvalue weighted by atomic mass is 32.2. The lowest BCUT2D eigenvalue weighted by Gasteiger charge is -2.07. The minimum atomic E-state index is -0.258. The third-order valence-electron chi connectivity index (χ3n) is 2.93. The fourth-order valence-corrected chi connectivity index (χ4v) is 2.32. The predicted molar refractivity (Wildman–Crippen MR) is 84.5 cm³/mol. The van der Waals surface area contributed by atoms with Crippen molar-refractivity contribution in [1.29, 1.82) is 0 Å². The number of hydrogen-bond donors (Lipinski definition) is 0. The van der Waals surface area contributed by atoms with Crippen molar-refractivity contribution in [3.05, 3.63) is 65.5 Å². The van der Waals surface area contributed by atoms with Crippen LogP contribution in [0.15, 0.2) is 48.5 Å². The van der Waals surface area contributed by atoms with E-state index in [4.69, 9.17) is 4.74 Å². The highest BCUT2D eigenvalue weighted by Gasteiger charge is 2.05. The molecule has 2 nitrogen and oxygen atoms in total. The molecule has 2 aromatic rings. The van der Waals surface area contributed by atoms with Crippen LogP contribution >= 0.6 is 11.8 Å². The standard InChI is InChI=1S/C17H17FO2S/c1-2-21-12-17(19)14-5-9-16(10-6-14)20-11-13-3-7-15(18)8-4-13/h3-10H,2,11-12H2,1H3. The van der Waals surface area contributed by atoms with Gasteiger partial charge in [-0.15, -0.1) is 0 Å². The van der Waals surface area contributed by atoms with Crippen LogP contribution in [-0.2, 0) is 6.61 Å². The van der Waals surface area contributed by atoms with Gasteiger partial charge in [0.2, 0.25) is 0 Å². The van der Waals surface area contributed by atoms with Crippen LogP contribution in [0.3, 0.4) is 0 Å². The molecule has 21 heavy (non-hydrogen) atoms. The van der Waals surface area contributed by atoms with Crippen LogP contribution < -0.4 is 4.74 Å². The molecule has 0 fully saturated rings. The van der Waals surface area contributed by atoms with E-state index in [9.17, 15) is 9.18 Å². The van der Waals surface area contributed by atoms with Crippen LogP contribution in [0.1, 0.15) is 22.8 Å². The lowest BCUT2D eigenvalue weighted by Crippen LogP contribution is -2.02. The number of thioether (sulfide) groups is 1. The van der Waals surface area contributed by atoms with Crippen LogP contribution in [0.4, 0.5) is 4.39 Å². The van der Waals surface area contributed by atoms with Crippen LogP contribution in [0, 0.1) is 5.82 Å². The molecular weight excluding hydrogens is 287 g/mol. The molecule has 0 spiro atoms. The van der Waals surface area contributed by atoms with Gasteiger partial charge in [0.1, 0.15) is 18.2 Å². The summed E-state index contributed by atoms with van der Waals surface area (Å²) in [6.07, 6.45) is 0. The van der Waals surface area contributed by atoms with Gasteiger partial charge in [-0.05, 0) is 47.7 Å². The Morgan fingerprint density at radius 1 is 1.10 bits per heavy atom. The van der Waals surface area contributed by atoms with E-state index in [2.05, 4.69) is 0 Å². The topological polar surface area (TPSA) is 26.3 Å².